The first kappa shape index (κ1) is 35.6. The van der Waals surface area contributed by atoms with E-state index in [-0.39, 0.29) is 31.8 Å². The molecule has 3 heterocycles. The molecule has 7 nitrogen and oxygen atoms in total. The van der Waals surface area contributed by atoms with E-state index in [2.05, 4.69) is 60.0 Å². The van der Waals surface area contributed by atoms with Crippen molar-refractivity contribution in [1.29, 1.82) is 0 Å². The van der Waals surface area contributed by atoms with E-state index in [1.54, 1.807) is 0 Å². The molecule has 4 bridgehead atoms. The lowest BCUT2D eigenvalue weighted by molar-refractivity contribution is -0.259. The van der Waals surface area contributed by atoms with Crippen LogP contribution in [0.1, 0.15) is 119 Å². The molecule has 3 aliphatic heterocycles. The van der Waals surface area contributed by atoms with Crippen LogP contribution in [0.25, 0.3) is 0 Å². The Balaban J connectivity index is 0.000000146. The Kier molecular flexibility index (Phi) is 8.51. The van der Waals surface area contributed by atoms with Gasteiger partial charge in [0.1, 0.15) is 5.78 Å². The molecule has 284 valence electrons. The SMILES string of the molecule is C.Cc1ccc2c(c1)[C@]13CCN(CC4CC4)[C@H](C2)[C@]1(O)CCC(=O)C3.Cc1ccc2c(c1)[C@]13CCN(CC4CC4)[C@H](C2)[C@]1(O)CCC1(C3)OCCO1.[HH]. The lowest BCUT2D eigenvalue weighted by atomic mass is 9.48. The molecule has 0 radical (unpaired) electrons. The minimum Gasteiger partial charge on any atom is -0.387 e. The van der Waals surface area contributed by atoms with Crippen LogP contribution < -0.4 is 0 Å². The normalized spacial score (nSPS) is 38.6. The van der Waals surface area contributed by atoms with Gasteiger partial charge in [-0.2, -0.15) is 0 Å². The van der Waals surface area contributed by atoms with Gasteiger partial charge in [-0.15, -0.1) is 0 Å². The summed E-state index contributed by atoms with van der Waals surface area (Å²) in [5, 5.41) is 24.2. The highest BCUT2D eigenvalue weighted by Gasteiger charge is 2.68. The second-order valence-corrected chi connectivity index (χ2v) is 18.7. The quantitative estimate of drug-likeness (QED) is 0.371. The zero-order valence-corrected chi connectivity index (χ0v) is 30.9. The smallest absolute Gasteiger partial charge is 0.169 e. The minimum absolute atomic E-state index is 0. The number of ether oxygens (including phenoxy) is 2. The van der Waals surface area contributed by atoms with Crippen LogP contribution >= 0.6 is 0 Å². The number of piperidine rings is 2. The van der Waals surface area contributed by atoms with Crippen molar-refractivity contribution in [2.24, 2.45) is 11.8 Å². The van der Waals surface area contributed by atoms with Crippen molar-refractivity contribution in [1.82, 2.24) is 9.80 Å². The van der Waals surface area contributed by atoms with E-state index >= 15 is 0 Å². The van der Waals surface area contributed by atoms with Crippen LogP contribution in [-0.2, 0) is 37.9 Å². The van der Waals surface area contributed by atoms with E-state index in [1.807, 2.05) is 0 Å². The molecule has 7 heteroatoms. The van der Waals surface area contributed by atoms with Gasteiger partial charge in [-0.05, 0) is 125 Å². The fraction of sp³-hybridized carbons (Fsp3) is 0.711. The lowest BCUT2D eigenvalue weighted by Gasteiger charge is -2.65. The van der Waals surface area contributed by atoms with Gasteiger partial charge in [0, 0.05) is 63.1 Å². The highest BCUT2D eigenvalue weighted by molar-refractivity contribution is 5.82. The molecule has 11 rings (SSSR count). The Morgan fingerprint density at radius 3 is 1.81 bits per heavy atom. The number of benzene rings is 2. The summed E-state index contributed by atoms with van der Waals surface area (Å²) in [4.78, 5) is 17.6. The number of likely N-dealkylation sites (tertiary alicyclic amines) is 2. The summed E-state index contributed by atoms with van der Waals surface area (Å²) in [6.07, 6.45) is 13.4. The Hall–Kier alpha value is -2.13. The fourth-order valence-electron chi connectivity index (χ4n) is 12.6. The molecule has 2 aromatic carbocycles. The molecule has 52 heavy (non-hydrogen) atoms. The van der Waals surface area contributed by atoms with Crippen molar-refractivity contribution in [2.75, 3.05) is 39.4 Å². The van der Waals surface area contributed by atoms with E-state index in [0.29, 0.717) is 38.3 Å². The van der Waals surface area contributed by atoms with Crippen molar-refractivity contribution in [2.45, 2.75) is 151 Å². The van der Waals surface area contributed by atoms with Crippen LogP contribution in [0.15, 0.2) is 36.4 Å². The molecule has 2 N–H and O–H groups in total. The standard InChI is InChI=1S/C23H31NO3.C21H27NO2.CH4.H2/c1-16-2-5-18-13-20-23(25)7-6-22(26-10-11-27-22)15-21(23,19(18)12-16)8-9-24(20)14-17-3-4-17;1-14-2-5-16-11-19-21(24)7-6-17(23)12-20(21,18(16)10-14)8-9-22(19)13-15-3-4-15;;/h2,5,12,17,20,25H,3-4,6-11,13-15H2,1H3;2,5,10,15,19,24H,3-4,6-9,11-13H2,1H3;1H4;1H/t20-,21-,23-;19-,20-,21-;;/m11../s1. The third-order valence-corrected chi connectivity index (χ3v) is 15.6. The molecule has 6 aliphatic carbocycles. The zero-order chi connectivity index (χ0) is 34.8. The number of rotatable bonds is 4. The van der Waals surface area contributed by atoms with Gasteiger partial charge in [0.25, 0.3) is 0 Å². The number of carbonyl (C=O) groups excluding carboxylic acids is 1. The van der Waals surface area contributed by atoms with E-state index in [4.69, 9.17) is 9.47 Å². The van der Waals surface area contributed by atoms with Crippen LogP contribution in [-0.4, -0.2) is 94.3 Å². The molecule has 2 aromatic rings. The van der Waals surface area contributed by atoms with Gasteiger partial charge in [-0.25, -0.2) is 0 Å². The third-order valence-electron chi connectivity index (χ3n) is 15.6. The maximum Gasteiger partial charge on any atom is 0.169 e. The molecular weight excluding hydrogens is 649 g/mol. The van der Waals surface area contributed by atoms with Gasteiger partial charge >= 0.3 is 0 Å². The van der Waals surface area contributed by atoms with Crippen LogP contribution in [0, 0.1) is 25.7 Å². The van der Waals surface area contributed by atoms with E-state index < -0.39 is 17.0 Å². The number of fused-ring (bicyclic) bond motifs is 2. The van der Waals surface area contributed by atoms with Crippen LogP contribution in [0.2, 0.25) is 0 Å². The van der Waals surface area contributed by atoms with Crippen molar-refractivity contribution >= 4 is 5.78 Å². The Bertz CT molecular complexity index is 1740. The second kappa shape index (κ2) is 12.4. The number of hydrogen-bond donors (Lipinski definition) is 2. The Labute approximate surface area is 312 Å². The van der Waals surface area contributed by atoms with E-state index in [9.17, 15) is 15.0 Å². The van der Waals surface area contributed by atoms with Gasteiger partial charge in [0.05, 0.1) is 24.4 Å². The zero-order valence-electron chi connectivity index (χ0n) is 30.9. The highest BCUT2D eigenvalue weighted by Crippen LogP contribution is 2.62. The number of Topliss-reactive ketones (excluding diaryl/α,β-unsaturated/α-hetero) is 1. The molecule has 4 saturated carbocycles. The number of carbonyl (C=O) groups is 1. The van der Waals surface area contributed by atoms with Crippen molar-refractivity contribution in [3.8, 4) is 0 Å². The van der Waals surface area contributed by atoms with E-state index in [1.165, 1.54) is 65.6 Å². The topological polar surface area (TPSA) is 82.5 Å². The number of nitrogens with zero attached hydrogens (tertiary/aromatic N) is 2. The van der Waals surface area contributed by atoms with Crippen molar-refractivity contribution < 1.29 is 25.9 Å². The van der Waals surface area contributed by atoms with Crippen LogP contribution in [0.3, 0.4) is 0 Å². The maximum absolute atomic E-state index is 12.4. The molecule has 9 aliphatic rings. The molecule has 0 aromatic heterocycles. The third kappa shape index (κ3) is 5.30. The summed E-state index contributed by atoms with van der Waals surface area (Å²) in [6.45, 7) is 10.1. The maximum atomic E-state index is 12.4. The van der Waals surface area contributed by atoms with E-state index in [0.717, 1.165) is 76.4 Å². The summed E-state index contributed by atoms with van der Waals surface area (Å²) in [5.74, 6) is 1.56. The molecule has 0 amide bonds. The lowest BCUT2D eigenvalue weighted by Crippen LogP contribution is -2.75. The number of ketones is 1. The van der Waals surface area contributed by atoms with Crippen LogP contribution in [0.4, 0.5) is 0 Å². The fourth-order valence-corrected chi connectivity index (χ4v) is 12.6. The average Bonchev–Trinajstić information content (AvgIpc) is 4.05. The Morgan fingerprint density at radius 1 is 0.731 bits per heavy atom. The van der Waals surface area contributed by atoms with Gasteiger partial charge in [0.15, 0.2) is 5.79 Å². The largest absolute Gasteiger partial charge is 0.387 e. The summed E-state index contributed by atoms with van der Waals surface area (Å²) in [5.41, 5.74) is 6.02. The van der Waals surface area contributed by atoms with Crippen molar-refractivity contribution in [3.63, 3.8) is 0 Å². The first-order valence-electron chi connectivity index (χ1n) is 20.5. The first-order chi connectivity index (χ1) is 24.6. The summed E-state index contributed by atoms with van der Waals surface area (Å²) in [6, 6.07) is 14.0. The first-order valence-corrected chi connectivity index (χ1v) is 20.5. The molecule has 7 fully saturated rings. The molecule has 0 unspecified atom stereocenters. The summed E-state index contributed by atoms with van der Waals surface area (Å²) < 4.78 is 12.3. The van der Waals surface area contributed by atoms with Crippen molar-refractivity contribution in [3.05, 3.63) is 69.8 Å². The predicted octanol–water partition coefficient (Wildman–Crippen LogP) is 6.57. The molecule has 3 saturated heterocycles. The highest BCUT2D eigenvalue weighted by atomic mass is 16.7. The molecule has 6 atom stereocenters. The minimum atomic E-state index is -0.727. The van der Waals surface area contributed by atoms with Gasteiger partial charge in [0.2, 0.25) is 0 Å². The number of aliphatic hydroxyl groups is 2. The average molecular weight is 713 g/mol. The summed E-state index contributed by atoms with van der Waals surface area (Å²) >= 11 is 0. The Morgan fingerprint density at radius 2 is 1.25 bits per heavy atom. The van der Waals surface area contributed by atoms with Gasteiger partial charge in [-0.1, -0.05) is 55.0 Å². The molecule has 1 spiro atoms. The molecular formula is C45H64N2O5. The second-order valence-electron chi connectivity index (χ2n) is 18.7. The monoisotopic (exact) mass is 712 g/mol. The van der Waals surface area contributed by atoms with Gasteiger partial charge < -0.3 is 19.7 Å². The number of hydrogen-bond acceptors (Lipinski definition) is 7. The number of aryl methyl sites for hydroxylation is 2. The summed E-state index contributed by atoms with van der Waals surface area (Å²) in [7, 11) is 0. The predicted molar refractivity (Wildman–Crippen MR) is 205 cm³/mol. The van der Waals surface area contributed by atoms with Gasteiger partial charge in [-0.3, -0.25) is 14.6 Å². The van der Waals surface area contributed by atoms with Crippen LogP contribution in [0.5, 0.6) is 0 Å².